The Morgan fingerprint density at radius 1 is 1.06 bits per heavy atom. The molecule has 1 aliphatic heterocycles. The normalized spacial score (nSPS) is 17.8. The number of aryl methyl sites for hydroxylation is 1. The van der Waals surface area contributed by atoms with Crippen LogP contribution in [-0.4, -0.2) is 29.4 Å². The second-order valence-electron chi connectivity index (χ2n) is 9.74. The van der Waals surface area contributed by atoms with Crippen LogP contribution in [0.4, 0.5) is 10.1 Å². The minimum atomic E-state index is -0.665. The molecule has 2 unspecified atom stereocenters. The molecule has 2 aliphatic rings. The number of nitrogens with zero attached hydrogens (tertiary/aromatic N) is 1. The second kappa shape index (κ2) is 10.1. The number of hydrogen-bond acceptors (Lipinski definition) is 3. The van der Waals surface area contributed by atoms with Gasteiger partial charge in [0.2, 0.25) is 5.91 Å². The Kier molecular flexibility index (Phi) is 6.77. The number of hydrogen-bond donors (Lipinski definition) is 1. The monoisotopic (exact) mass is 486 g/mol. The molecule has 0 spiro atoms. The molecule has 3 aromatic carbocycles. The number of halogens is 1. The Balaban J connectivity index is 1.42. The zero-order valence-corrected chi connectivity index (χ0v) is 20.7. The van der Waals surface area contributed by atoms with Gasteiger partial charge in [-0.15, -0.1) is 0 Å². The highest BCUT2D eigenvalue weighted by molar-refractivity contribution is 5.94. The molecule has 36 heavy (non-hydrogen) atoms. The molecular formula is C30H31FN2O3. The first-order valence-electron chi connectivity index (χ1n) is 12.7. The highest BCUT2D eigenvalue weighted by atomic mass is 19.1. The van der Waals surface area contributed by atoms with Gasteiger partial charge in [-0.05, 0) is 85.7 Å². The summed E-state index contributed by atoms with van der Waals surface area (Å²) in [4.78, 5) is 28.0. The number of anilines is 1. The Morgan fingerprint density at radius 2 is 1.78 bits per heavy atom. The van der Waals surface area contributed by atoms with Crippen molar-refractivity contribution in [3.05, 3.63) is 94.8 Å². The zero-order valence-electron chi connectivity index (χ0n) is 20.7. The molecule has 186 valence electrons. The standard InChI is InChI=1S/C30H31FN2O3/c1-3-27(29(34)32-24-13-4-19(2)5-14-24)36-25-15-10-20-16-17-33(30(35)22-6-7-22)28(26(20)18-25)21-8-11-23(31)12-9-21/h4-5,8-15,18,22,27-28H,3,6-7,16-17H2,1-2H3,(H,32,34). The van der Waals surface area contributed by atoms with E-state index < -0.39 is 6.10 Å². The van der Waals surface area contributed by atoms with Crippen LogP contribution >= 0.6 is 0 Å². The molecule has 3 aromatic rings. The van der Waals surface area contributed by atoms with Crippen molar-refractivity contribution in [1.82, 2.24) is 4.90 Å². The van der Waals surface area contributed by atoms with E-state index in [0.29, 0.717) is 18.7 Å². The van der Waals surface area contributed by atoms with E-state index in [1.165, 1.54) is 12.1 Å². The quantitative estimate of drug-likeness (QED) is 0.458. The molecule has 5 nitrogen and oxygen atoms in total. The number of carbonyl (C=O) groups excluding carboxylic acids is 2. The van der Waals surface area contributed by atoms with Gasteiger partial charge in [0, 0.05) is 18.2 Å². The Labute approximate surface area is 211 Å². The second-order valence-corrected chi connectivity index (χ2v) is 9.74. The summed E-state index contributed by atoms with van der Waals surface area (Å²) in [6, 6.07) is 19.6. The Morgan fingerprint density at radius 3 is 2.44 bits per heavy atom. The van der Waals surface area contributed by atoms with Gasteiger partial charge in [-0.2, -0.15) is 0 Å². The molecule has 2 atom stereocenters. The maximum atomic E-state index is 13.7. The molecule has 1 aliphatic carbocycles. The molecular weight excluding hydrogens is 455 g/mol. The summed E-state index contributed by atoms with van der Waals surface area (Å²) < 4.78 is 19.9. The number of amides is 2. The third-order valence-corrected chi connectivity index (χ3v) is 7.00. The molecule has 2 amide bonds. The van der Waals surface area contributed by atoms with E-state index in [9.17, 15) is 14.0 Å². The third kappa shape index (κ3) is 5.13. The summed E-state index contributed by atoms with van der Waals surface area (Å²) in [6.45, 7) is 4.54. The van der Waals surface area contributed by atoms with Gasteiger partial charge in [0.25, 0.3) is 5.91 Å². The van der Waals surface area contributed by atoms with Gasteiger partial charge >= 0.3 is 0 Å². The van der Waals surface area contributed by atoms with Crippen LogP contribution < -0.4 is 10.1 Å². The van der Waals surface area contributed by atoms with Gasteiger partial charge in [-0.1, -0.05) is 42.8 Å². The topological polar surface area (TPSA) is 58.6 Å². The van der Waals surface area contributed by atoms with Crippen molar-refractivity contribution in [3.63, 3.8) is 0 Å². The predicted octanol–water partition coefficient (Wildman–Crippen LogP) is 5.81. The van der Waals surface area contributed by atoms with E-state index >= 15 is 0 Å². The van der Waals surface area contributed by atoms with Gasteiger partial charge in [-0.25, -0.2) is 4.39 Å². The average molecular weight is 487 g/mol. The fourth-order valence-electron chi connectivity index (χ4n) is 4.82. The van der Waals surface area contributed by atoms with Crippen molar-refractivity contribution in [2.75, 3.05) is 11.9 Å². The highest BCUT2D eigenvalue weighted by Crippen LogP contribution is 2.41. The Bertz CT molecular complexity index is 1250. The number of carbonyl (C=O) groups is 2. The van der Waals surface area contributed by atoms with Crippen LogP contribution in [0.1, 0.15) is 54.5 Å². The number of ether oxygens (including phenoxy) is 1. The lowest BCUT2D eigenvalue weighted by Gasteiger charge is -2.38. The van der Waals surface area contributed by atoms with Crippen LogP contribution in [0, 0.1) is 18.7 Å². The lowest BCUT2D eigenvalue weighted by molar-refractivity contribution is -0.134. The van der Waals surface area contributed by atoms with Crippen molar-refractivity contribution in [2.24, 2.45) is 5.92 Å². The van der Waals surface area contributed by atoms with E-state index in [4.69, 9.17) is 4.74 Å². The maximum absolute atomic E-state index is 13.7. The minimum Gasteiger partial charge on any atom is -0.481 e. The van der Waals surface area contributed by atoms with E-state index in [0.717, 1.165) is 47.2 Å². The molecule has 0 radical (unpaired) electrons. The van der Waals surface area contributed by atoms with Crippen molar-refractivity contribution < 1.29 is 18.7 Å². The first-order chi connectivity index (χ1) is 17.4. The Hall–Kier alpha value is -3.67. The van der Waals surface area contributed by atoms with Gasteiger partial charge in [0.05, 0.1) is 6.04 Å². The smallest absolute Gasteiger partial charge is 0.265 e. The van der Waals surface area contributed by atoms with E-state index in [1.807, 2.05) is 61.2 Å². The molecule has 0 bridgehead atoms. The van der Waals surface area contributed by atoms with Crippen LogP contribution in [-0.2, 0) is 16.0 Å². The van der Waals surface area contributed by atoms with Crippen LogP contribution in [0.2, 0.25) is 0 Å². The molecule has 0 aromatic heterocycles. The zero-order chi connectivity index (χ0) is 25.2. The molecule has 1 saturated carbocycles. The van der Waals surface area contributed by atoms with Gasteiger partial charge < -0.3 is 15.0 Å². The fraction of sp³-hybridized carbons (Fsp3) is 0.333. The molecule has 5 rings (SSSR count). The van der Waals surface area contributed by atoms with E-state index in [2.05, 4.69) is 5.32 Å². The SMILES string of the molecule is CCC(Oc1ccc2c(c1)C(c1ccc(F)cc1)N(C(=O)C1CC1)CC2)C(=O)Nc1ccc(C)cc1. The average Bonchev–Trinajstić information content (AvgIpc) is 3.74. The third-order valence-electron chi connectivity index (χ3n) is 7.00. The number of nitrogens with one attached hydrogen (secondary N) is 1. The largest absolute Gasteiger partial charge is 0.481 e. The molecule has 1 heterocycles. The predicted molar refractivity (Wildman–Crippen MR) is 137 cm³/mol. The summed E-state index contributed by atoms with van der Waals surface area (Å²) in [5.41, 5.74) is 4.81. The summed E-state index contributed by atoms with van der Waals surface area (Å²) in [7, 11) is 0. The number of rotatable bonds is 7. The van der Waals surface area contributed by atoms with Crippen molar-refractivity contribution in [2.45, 2.75) is 51.7 Å². The lowest BCUT2D eigenvalue weighted by atomic mass is 9.87. The van der Waals surface area contributed by atoms with E-state index in [-0.39, 0.29) is 29.6 Å². The minimum absolute atomic E-state index is 0.0869. The van der Waals surface area contributed by atoms with Crippen molar-refractivity contribution in [3.8, 4) is 5.75 Å². The molecule has 1 fully saturated rings. The van der Waals surface area contributed by atoms with Crippen LogP contribution in [0.15, 0.2) is 66.7 Å². The number of benzene rings is 3. The summed E-state index contributed by atoms with van der Waals surface area (Å²) in [6.07, 6.45) is 2.44. The van der Waals surface area contributed by atoms with Gasteiger partial charge in [-0.3, -0.25) is 9.59 Å². The molecule has 0 saturated heterocycles. The van der Waals surface area contributed by atoms with Crippen molar-refractivity contribution in [1.29, 1.82) is 0 Å². The van der Waals surface area contributed by atoms with Gasteiger partial charge in [0.1, 0.15) is 11.6 Å². The highest BCUT2D eigenvalue weighted by Gasteiger charge is 2.39. The van der Waals surface area contributed by atoms with Gasteiger partial charge in [0.15, 0.2) is 6.10 Å². The summed E-state index contributed by atoms with van der Waals surface area (Å²) >= 11 is 0. The molecule has 6 heteroatoms. The summed E-state index contributed by atoms with van der Waals surface area (Å²) in [5, 5.41) is 2.93. The first kappa shape index (κ1) is 24.0. The first-order valence-corrected chi connectivity index (χ1v) is 12.7. The molecule has 1 N–H and O–H groups in total. The van der Waals surface area contributed by atoms with Crippen LogP contribution in [0.5, 0.6) is 5.75 Å². The lowest BCUT2D eigenvalue weighted by Crippen LogP contribution is -2.41. The van der Waals surface area contributed by atoms with Crippen molar-refractivity contribution >= 4 is 17.5 Å². The maximum Gasteiger partial charge on any atom is 0.265 e. The number of fused-ring (bicyclic) bond motifs is 1. The van der Waals surface area contributed by atoms with Crippen LogP contribution in [0.25, 0.3) is 0 Å². The van der Waals surface area contributed by atoms with Crippen LogP contribution in [0.3, 0.4) is 0 Å². The summed E-state index contributed by atoms with van der Waals surface area (Å²) in [5.74, 6) is 0.304. The fourth-order valence-corrected chi connectivity index (χ4v) is 4.82. The van der Waals surface area contributed by atoms with E-state index in [1.54, 1.807) is 12.1 Å².